The summed E-state index contributed by atoms with van der Waals surface area (Å²) >= 11 is 5.95. The molecule has 5 nitrogen and oxygen atoms in total. The zero-order valence-electron chi connectivity index (χ0n) is 10.7. The van der Waals surface area contributed by atoms with Gasteiger partial charge in [0, 0.05) is 22.8 Å². The summed E-state index contributed by atoms with van der Waals surface area (Å²) in [6.45, 7) is 2.48. The van der Waals surface area contributed by atoms with Crippen molar-refractivity contribution in [2.24, 2.45) is 0 Å². The molecule has 0 saturated heterocycles. The van der Waals surface area contributed by atoms with Gasteiger partial charge in [0.25, 0.3) is 0 Å². The molecular weight excluding hydrogens is 266 g/mol. The highest BCUT2D eigenvalue weighted by Gasteiger charge is 2.12. The van der Waals surface area contributed by atoms with E-state index in [0.29, 0.717) is 22.8 Å². The predicted molar refractivity (Wildman–Crippen MR) is 73.4 cm³/mol. The number of H-pyrrole nitrogens is 1. The predicted octanol–water partition coefficient (Wildman–Crippen LogP) is 2.77. The average Bonchev–Trinajstić information content (AvgIpc) is 2.81. The van der Waals surface area contributed by atoms with Crippen molar-refractivity contribution in [1.29, 1.82) is 0 Å². The number of anilines is 1. The van der Waals surface area contributed by atoms with E-state index in [1.807, 2.05) is 6.92 Å². The highest BCUT2D eigenvalue weighted by atomic mass is 35.5. The Morgan fingerprint density at radius 3 is 2.95 bits per heavy atom. The lowest BCUT2D eigenvalue weighted by Gasteiger charge is -2.11. The maximum absolute atomic E-state index is 11.6. The first-order chi connectivity index (χ1) is 9.11. The van der Waals surface area contributed by atoms with Crippen molar-refractivity contribution in [3.05, 3.63) is 46.2 Å². The smallest absolute Gasteiger partial charge is 0.339 e. The van der Waals surface area contributed by atoms with Gasteiger partial charge in [0.2, 0.25) is 0 Å². The molecule has 1 heterocycles. The van der Waals surface area contributed by atoms with Crippen LogP contribution in [0.2, 0.25) is 5.02 Å². The molecule has 1 aromatic heterocycles. The van der Waals surface area contributed by atoms with Crippen molar-refractivity contribution in [2.75, 3.05) is 12.4 Å². The van der Waals surface area contributed by atoms with Gasteiger partial charge in [-0.25, -0.2) is 4.79 Å². The summed E-state index contributed by atoms with van der Waals surface area (Å²) in [5.74, 6) is -0.400. The molecule has 0 unspecified atom stereocenters. The number of nitrogens with zero attached hydrogens (tertiary/aromatic N) is 1. The van der Waals surface area contributed by atoms with Gasteiger partial charge in [-0.2, -0.15) is 5.10 Å². The summed E-state index contributed by atoms with van der Waals surface area (Å²) in [7, 11) is 1.35. The second kappa shape index (κ2) is 5.75. The molecule has 0 aliphatic heterocycles. The van der Waals surface area contributed by atoms with Crippen LogP contribution >= 0.6 is 11.6 Å². The molecule has 0 bridgehead atoms. The van der Waals surface area contributed by atoms with Crippen molar-refractivity contribution >= 4 is 23.3 Å². The second-order valence-electron chi connectivity index (χ2n) is 4.06. The lowest BCUT2D eigenvalue weighted by molar-refractivity contribution is 0.0602. The number of esters is 1. The fraction of sp³-hybridized carbons (Fsp3) is 0.231. The lowest BCUT2D eigenvalue weighted by atomic mass is 10.1. The number of carbonyl (C=O) groups excluding carboxylic acids is 1. The van der Waals surface area contributed by atoms with Crippen LogP contribution in [-0.4, -0.2) is 23.3 Å². The number of methoxy groups -OCH3 is 1. The van der Waals surface area contributed by atoms with Crippen LogP contribution in [-0.2, 0) is 11.3 Å². The standard InChI is InChI=1S/C13H14ClN3O2/c1-8-9(7-16-17-8)6-15-12-5-10(14)3-4-11(12)13(18)19-2/h3-5,7,15H,6H2,1-2H3,(H,16,17). The van der Waals surface area contributed by atoms with Gasteiger partial charge in [0.1, 0.15) is 0 Å². The summed E-state index contributed by atoms with van der Waals surface area (Å²) in [5, 5.41) is 10.5. The van der Waals surface area contributed by atoms with E-state index in [1.54, 1.807) is 24.4 Å². The Hall–Kier alpha value is -2.01. The Morgan fingerprint density at radius 2 is 2.32 bits per heavy atom. The third kappa shape index (κ3) is 3.06. The molecule has 0 aliphatic rings. The molecule has 19 heavy (non-hydrogen) atoms. The largest absolute Gasteiger partial charge is 0.465 e. The Morgan fingerprint density at radius 1 is 1.53 bits per heavy atom. The summed E-state index contributed by atoms with van der Waals surface area (Å²) in [6.07, 6.45) is 1.74. The molecule has 0 radical (unpaired) electrons. The van der Waals surface area contributed by atoms with Crippen LogP contribution in [0, 0.1) is 6.92 Å². The van der Waals surface area contributed by atoms with Gasteiger partial charge in [0.15, 0.2) is 0 Å². The van der Waals surface area contributed by atoms with E-state index in [4.69, 9.17) is 16.3 Å². The van der Waals surface area contributed by atoms with E-state index in [1.165, 1.54) is 7.11 Å². The minimum absolute atomic E-state index is 0.400. The number of carbonyl (C=O) groups is 1. The number of benzene rings is 1. The van der Waals surface area contributed by atoms with Crippen molar-refractivity contribution in [3.8, 4) is 0 Å². The zero-order chi connectivity index (χ0) is 13.8. The molecular formula is C13H14ClN3O2. The number of aromatic nitrogens is 2. The Kier molecular flexibility index (Phi) is 4.06. The first-order valence-electron chi connectivity index (χ1n) is 5.72. The second-order valence-corrected chi connectivity index (χ2v) is 4.49. The Balaban J connectivity index is 2.21. The lowest BCUT2D eigenvalue weighted by Crippen LogP contribution is -2.08. The van der Waals surface area contributed by atoms with Crippen LogP contribution in [0.15, 0.2) is 24.4 Å². The Labute approximate surface area is 115 Å². The first-order valence-corrected chi connectivity index (χ1v) is 6.10. The van der Waals surface area contributed by atoms with E-state index in [2.05, 4.69) is 15.5 Å². The molecule has 0 saturated carbocycles. The molecule has 2 aromatic rings. The van der Waals surface area contributed by atoms with E-state index >= 15 is 0 Å². The summed E-state index contributed by atoms with van der Waals surface area (Å²) in [6, 6.07) is 4.99. The quantitative estimate of drug-likeness (QED) is 0.845. The molecule has 0 amide bonds. The molecule has 2 N–H and O–H groups in total. The van der Waals surface area contributed by atoms with Crippen LogP contribution in [0.25, 0.3) is 0 Å². The number of rotatable bonds is 4. The fourth-order valence-electron chi connectivity index (χ4n) is 1.70. The maximum atomic E-state index is 11.6. The number of hydrogen-bond acceptors (Lipinski definition) is 4. The maximum Gasteiger partial charge on any atom is 0.339 e. The highest BCUT2D eigenvalue weighted by Crippen LogP contribution is 2.22. The number of hydrogen-bond donors (Lipinski definition) is 2. The molecule has 0 aliphatic carbocycles. The number of aryl methyl sites for hydroxylation is 1. The van der Waals surface area contributed by atoms with Crippen LogP contribution in [0.3, 0.4) is 0 Å². The molecule has 6 heteroatoms. The van der Waals surface area contributed by atoms with Crippen molar-refractivity contribution in [2.45, 2.75) is 13.5 Å². The number of halogens is 1. The molecule has 0 atom stereocenters. The molecule has 0 spiro atoms. The molecule has 100 valence electrons. The Bertz CT molecular complexity index is 595. The fourth-order valence-corrected chi connectivity index (χ4v) is 1.87. The van der Waals surface area contributed by atoms with Gasteiger partial charge in [-0.05, 0) is 25.1 Å². The summed E-state index contributed by atoms with van der Waals surface area (Å²) < 4.78 is 4.74. The first kappa shape index (κ1) is 13.4. The van der Waals surface area contributed by atoms with Crippen LogP contribution < -0.4 is 5.32 Å². The highest BCUT2D eigenvalue weighted by molar-refractivity contribution is 6.31. The monoisotopic (exact) mass is 279 g/mol. The van der Waals surface area contributed by atoms with Gasteiger partial charge in [-0.15, -0.1) is 0 Å². The minimum atomic E-state index is -0.400. The van der Waals surface area contributed by atoms with E-state index in [-0.39, 0.29) is 0 Å². The van der Waals surface area contributed by atoms with Crippen molar-refractivity contribution in [3.63, 3.8) is 0 Å². The van der Waals surface area contributed by atoms with E-state index in [9.17, 15) is 4.79 Å². The number of ether oxygens (including phenoxy) is 1. The van der Waals surface area contributed by atoms with E-state index in [0.717, 1.165) is 11.3 Å². The third-order valence-corrected chi connectivity index (χ3v) is 3.03. The molecule has 1 aromatic carbocycles. The topological polar surface area (TPSA) is 67.0 Å². The van der Waals surface area contributed by atoms with Gasteiger partial charge < -0.3 is 10.1 Å². The summed E-state index contributed by atoms with van der Waals surface area (Å²) in [4.78, 5) is 11.6. The van der Waals surface area contributed by atoms with Crippen LogP contribution in [0.1, 0.15) is 21.6 Å². The van der Waals surface area contributed by atoms with Gasteiger partial charge >= 0.3 is 5.97 Å². The normalized spacial score (nSPS) is 10.3. The number of aromatic amines is 1. The van der Waals surface area contributed by atoms with Gasteiger partial charge in [-0.1, -0.05) is 11.6 Å². The van der Waals surface area contributed by atoms with E-state index < -0.39 is 5.97 Å². The van der Waals surface area contributed by atoms with Gasteiger partial charge in [-0.3, -0.25) is 5.10 Å². The number of nitrogens with one attached hydrogen (secondary N) is 2. The van der Waals surface area contributed by atoms with Crippen molar-refractivity contribution in [1.82, 2.24) is 10.2 Å². The third-order valence-electron chi connectivity index (χ3n) is 2.79. The molecule has 0 fully saturated rings. The SMILES string of the molecule is COC(=O)c1ccc(Cl)cc1NCc1cn[nH]c1C. The van der Waals surface area contributed by atoms with Crippen LogP contribution in [0.5, 0.6) is 0 Å². The average molecular weight is 280 g/mol. The van der Waals surface area contributed by atoms with Crippen molar-refractivity contribution < 1.29 is 9.53 Å². The summed E-state index contributed by atoms with van der Waals surface area (Å²) in [5.41, 5.74) is 3.10. The zero-order valence-corrected chi connectivity index (χ0v) is 11.4. The van der Waals surface area contributed by atoms with Crippen LogP contribution in [0.4, 0.5) is 5.69 Å². The minimum Gasteiger partial charge on any atom is -0.465 e. The molecule has 2 rings (SSSR count). The van der Waals surface area contributed by atoms with Gasteiger partial charge in [0.05, 0.1) is 24.6 Å².